The first-order chi connectivity index (χ1) is 9.86. The molecule has 5 heteroatoms. The molecule has 104 valence electrons. The highest BCUT2D eigenvalue weighted by atomic mass is 15.3. The van der Waals surface area contributed by atoms with Crippen LogP contribution in [0.15, 0.2) is 42.9 Å². The SMILES string of the molecule is CNc1cncc(N2CCN(c3ccccn3)CC2)c1. The number of hydrogen-bond acceptors (Lipinski definition) is 5. The summed E-state index contributed by atoms with van der Waals surface area (Å²) < 4.78 is 0. The maximum atomic E-state index is 4.41. The molecule has 0 unspecified atom stereocenters. The van der Waals surface area contributed by atoms with Crippen molar-refractivity contribution in [2.75, 3.05) is 48.3 Å². The first-order valence-corrected chi connectivity index (χ1v) is 6.90. The molecule has 1 fully saturated rings. The molecule has 1 N–H and O–H groups in total. The van der Waals surface area contributed by atoms with E-state index in [1.165, 1.54) is 5.69 Å². The van der Waals surface area contributed by atoms with E-state index in [1.807, 2.05) is 37.8 Å². The Bertz CT molecular complexity index is 549. The lowest BCUT2D eigenvalue weighted by atomic mass is 10.2. The fraction of sp³-hybridized carbons (Fsp3) is 0.333. The Morgan fingerprint density at radius 3 is 2.55 bits per heavy atom. The molecule has 3 heterocycles. The third kappa shape index (κ3) is 2.66. The number of nitrogens with one attached hydrogen (secondary N) is 1. The summed E-state index contributed by atoms with van der Waals surface area (Å²) in [5.41, 5.74) is 2.23. The highest BCUT2D eigenvalue weighted by Gasteiger charge is 2.18. The smallest absolute Gasteiger partial charge is 0.128 e. The molecule has 3 rings (SSSR count). The molecule has 0 amide bonds. The monoisotopic (exact) mass is 269 g/mol. The van der Waals surface area contributed by atoms with E-state index in [-0.39, 0.29) is 0 Å². The second kappa shape index (κ2) is 5.77. The Labute approximate surface area is 119 Å². The van der Waals surface area contributed by atoms with Crippen LogP contribution in [-0.2, 0) is 0 Å². The van der Waals surface area contributed by atoms with E-state index in [0.717, 1.165) is 37.7 Å². The number of aromatic nitrogens is 2. The van der Waals surface area contributed by atoms with Gasteiger partial charge in [0.25, 0.3) is 0 Å². The van der Waals surface area contributed by atoms with E-state index in [2.05, 4.69) is 37.2 Å². The first kappa shape index (κ1) is 12.7. The molecular weight excluding hydrogens is 250 g/mol. The van der Waals surface area contributed by atoms with Crippen molar-refractivity contribution in [2.45, 2.75) is 0 Å². The van der Waals surface area contributed by atoms with Gasteiger partial charge in [-0.25, -0.2) is 4.98 Å². The van der Waals surface area contributed by atoms with Crippen LogP contribution in [0, 0.1) is 0 Å². The van der Waals surface area contributed by atoms with Crippen LogP contribution in [0.5, 0.6) is 0 Å². The molecule has 5 nitrogen and oxygen atoms in total. The summed E-state index contributed by atoms with van der Waals surface area (Å²) in [5, 5.41) is 3.13. The molecule has 0 atom stereocenters. The minimum Gasteiger partial charge on any atom is -0.387 e. The van der Waals surface area contributed by atoms with Crippen LogP contribution < -0.4 is 15.1 Å². The molecule has 20 heavy (non-hydrogen) atoms. The van der Waals surface area contributed by atoms with Crippen LogP contribution in [0.3, 0.4) is 0 Å². The van der Waals surface area contributed by atoms with Crippen molar-refractivity contribution in [3.63, 3.8) is 0 Å². The molecule has 0 aliphatic carbocycles. The van der Waals surface area contributed by atoms with E-state index in [1.54, 1.807) is 0 Å². The summed E-state index contributed by atoms with van der Waals surface area (Å²) >= 11 is 0. The molecule has 1 aliphatic heterocycles. The highest BCUT2D eigenvalue weighted by molar-refractivity contribution is 5.56. The molecule has 2 aromatic heterocycles. The van der Waals surface area contributed by atoms with Gasteiger partial charge in [0.15, 0.2) is 0 Å². The van der Waals surface area contributed by atoms with Crippen LogP contribution >= 0.6 is 0 Å². The van der Waals surface area contributed by atoms with Gasteiger partial charge in [-0.3, -0.25) is 4.98 Å². The van der Waals surface area contributed by atoms with Gasteiger partial charge < -0.3 is 15.1 Å². The van der Waals surface area contributed by atoms with E-state index >= 15 is 0 Å². The zero-order valence-corrected chi connectivity index (χ0v) is 11.7. The Balaban J connectivity index is 1.66. The fourth-order valence-corrected chi connectivity index (χ4v) is 2.47. The molecule has 0 spiro atoms. The highest BCUT2D eigenvalue weighted by Crippen LogP contribution is 2.20. The topological polar surface area (TPSA) is 44.3 Å². The zero-order chi connectivity index (χ0) is 13.8. The van der Waals surface area contributed by atoms with Gasteiger partial charge in [-0.2, -0.15) is 0 Å². The van der Waals surface area contributed by atoms with Crippen molar-refractivity contribution in [3.05, 3.63) is 42.9 Å². The number of hydrogen-bond donors (Lipinski definition) is 1. The van der Waals surface area contributed by atoms with Crippen molar-refractivity contribution in [3.8, 4) is 0 Å². The number of rotatable bonds is 3. The Morgan fingerprint density at radius 2 is 1.85 bits per heavy atom. The molecule has 0 bridgehead atoms. The molecule has 0 aromatic carbocycles. The maximum Gasteiger partial charge on any atom is 0.128 e. The van der Waals surface area contributed by atoms with Crippen molar-refractivity contribution >= 4 is 17.2 Å². The third-order valence-corrected chi connectivity index (χ3v) is 3.63. The van der Waals surface area contributed by atoms with Gasteiger partial charge in [0.1, 0.15) is 5.82 Å². The molecule has 0 radical (unpaired) electrons. The van der Waals surface area contributed by atoms with Gasteiger partial charge in [0, 0.05) is 39.4 Å². The van der Waals surface area contributed by atoms with Crippen molar-refractivity contribution in [1.29, 1.82) is 0 Å². The largest absolute Gasteiger partial charge is 0.387 e. The van der Waals surface area contributed by atoms with E-state index in [0.29, 0.717) is 0 Å². The van der Waals surface area contributed by atoms with Gasteiger partial charge in [-0.1, -0.05) is 6.07 Å². The second-order valence-corrected chi connectivity index (χ2v) is 4.84. The average molecular weight is 269 g/mol. The van der Waals surface area contributed by atoms with Crippen LogP contribution in [0.25, 0.3) is 0 Å². The Morgan fingerprint density at radius 1 is 1.05 bits per heavy atom. The number of pyridine rings is 2. The summed E-state index contributed by atoms with van der Waals surface area (Å²) in [4.78, 5) is 13.4. The quantitative estimate of drug-likeness (QED) is 0.921. The summed E-state index contributed by atoms with van der Waals surface area (Å²) in [7, 11) is 1.92. The lowest BCUT2D eigenvalue weighted by Gasteiger charge is -2.36. The molecule has 0 saturated carbocycles. The third-order valence-electron chi connectivity index (χ3n) is 3.63. The number of anilines is 3. The Hall–Kier alpha value is -2.30. The summed E-state index contributed by atoms with van der Waals surface area (Å²) in [6.45, 7) is 3.96. The summed E-state index contributed by atoms with van der Waals surface area (Å²) in [5.74, 6) is 1.06. The zero-order valence-electron chi connectivity index (χ0n) is 11.7. The molecule has 1 saturated heterocycles. The van der Waals surface area contributed by atoms with E-state index < -0.39 is 0 Å². The first-order valence-electron chi connectivity index (χ1n) is 6.90. The van der Waals surface area contributed by atoms with Crippen molar-refractivity contribution in [1.82, 2.24) is 9.97 Å². The van der Waals surface area contributed by atoms with Crippen LogP contribution in [-0.4, -0.2) is 43.2 Å². The summed E-state index contributed by atoms with van der Waals surface area (Å²) in [6, 6.07) is 8.20. The number of piperazine rings is 1. The maximum absolute atomic E-state index is 4.41. The van der Waals surface area contributed by atoms with Gasteiger partial charge in [0.2, 0.25) is 0 Å². The molecular formula is C15H19N5. The number of nitrogens with zero attached hydrogens (tertiary/aromatic N) is 4. The standard InChI is InChI=1S/C15H19N5/c1-16-13-10-14(12-17-11-13)19-6-8-20(9-7-19)15-4-2-3-5-18-15/h2-5,10-12,16H,6-9H2,1H3. The minimum atomic E-state index is 0.987. The van der Waals surface area contributed by atoms with Gasteiger partial charge in [-0.15, -0.1) is 0 Å². The van der Waals surface area contributed by atoms with Gasteiger partial charge in [-0.05, 0) is 18.2 Å². The molecule has 2 aromatic rings. The average Bonchev–Trinajstić information content (AvgIpc) is 2.56. The predicted octanol–water partition coefficient (Wildman–Crippen LogP) is 1.84. The van der Waals surface area contributed by atoms with Gasteiger partial charge in [0.05, 0.1) is 23.8 Å². The lowest BCUT2D eigenvalue weighted by molar-refractivity contribution is 0.647. The predicted molar refractivity (Wildman–Crippen MR) is 82.4 cm³/mol. The minimum absolute atomic E-state index is 0.987. The summed E-state index contributed by atoms with van der Waals surface area (Å²) in [6.07, 6.45) is 5.62. The second-order valence-electron chi connectivity index (χ2n) is 4.84. The normalized spacial score (nSPS) is 15.2. The van der Waals surface area contributed by atoms with Crippen molar-refractivity contribution in [2.24, 2.45) is 0 Å². The fourth-order valence-electron chi connectivity index (χ4n) is 2.47. The van der Waals surface area contributed by atoms with Crippen LogP contribution in [0.1, 0.15) is 0 Å². The van der Waals surface area contributed by atoms with Gasteiger partial charge >= 0.3 is 0 Å². The van der Waals surface area contributed by atoms with Crippen LogP contribution in [0.4, 0.5) is 17.2 Å². The van der Waals surface area contributed by atoms with Crippen LogP contribution in [0.2, 0.25) is 0 Å². The molecule has 1 aliphatic rings. The Kier molecular flexibility index (Phi) is 3.67. The van der Waals surface area contributed by atoms with Crippen molar-refractivity contribution < 1.29 is 0 Å². The lowest BCUT2D eigenvalue weighted by Crippen LogP contribution is -2.46. The van der Waals surface area contributed by atoms with E-state index in [9.17, 15) is 0 Å². The van der Waals surface area contributed by atoms with E-state index in [4.69, 9.17) is 0 Å².